The van der Waals surface area contributed by atoms with Crippen LogP contribution in [0.25, 0.3) is 21.5 Å². The van der Waals surface area contributed by atoms with Crippen LogP contribution in [0.1, 0.15) is 37.0 Å². The summed E-state index contributed by atoms with van der Waals surface area (Å²) in [6.45, 7) is 3.70. The van der Waals surface area contributed by atoms with Crippen molar-refractivity contribution in [2.75, 3.05) is 6.61 Å². The molecule has 0 bridgehead atoms. The highest BCUT2D eigenvalue weighted by molar-refractivity contribution is 7.13. The van der Waals surface area contributed by atoms with E-state index in [-0.39, 0.29) is 18.6 Å². The van der Waals surface area contributed by atoms with Gasteiger partial charge >= 0.3 is 5.97 Å². The quantitative estimate of drug-likeness (QED) is 0.614. The molecule has 1 aromatic carbocycles. The minimum absolute atomic E-state index is 0.0633. The van der Waals surface area contributed by atoms with Crippen molar-refractivity contribution in [2.45, 2.75) is 32.7 Å². The summed E-state index contributed by atoms with van der Waals surface area (Å²) in [5, 5.41) is 5.51. The molecule has 0 radical (unpaired) electrons. The van der Waals surface area contributed by atoms with E-state index in [1.54, 1.807) is 17.4 Å². The topological polar surface area (TPSA) is 68.3 Å². The predicted octanol–water partition coefficient (Wildman–Crippen LogP) is 4.42. The normalized spacial score (nSPS) is 11.9. The Bertz CT molecular complexity index is 938. The van der Waals surface area contributed by atoms with Crippen LogP contribution in [0.15, 0.2) is 47.8 Å². The maximum atomic E-state index is 12.7. The number of pyridine rings is 1. The molecule has 0 unspecified atom stereocenters. The number of carbonyl (C=O) groups is 2. The monoisotopic (exact) mass is 382 g/mol. The zero-order valence-corrected chi connectivity index (χ0v) is 16.2. The number of fused-ring (bicyclic) bond motifs is 1. The fourth-order valence-electron chi connectivity index (χ4n) is 2.93. The number of nitrogens with one attached hydrogen (secondary N) is 1. The van der Waals surface area contributed by atoms with Crippen LogP contribution in [-0.4, -0.2) is 29.5 Å². The van der Waals surface area contributed by atoms with Gasteiger partial charge in [0.05, 0.1) is 21.7 Å². The summed E-state index contributed by atoms with van der Waals surface area (Å²) in [6, 6.07) is 13.1. The number of hydrogen-bond donors (Lipinski definition) is 1. The van der Waals surface area contributed by atoms with E-state index in [9.17, 15) is 9.59 Å². The van der Waals surface area contributed by atoms with Gasteiger partial charge in [-0.2, -0.15) is 0 Å². The van der Waals surface area contributed by atoms with Crippen molar-refractivity contribution < 1.29 is 14.3 Å². The molecule has 0 aliphatic heterocycles. The predicted molar refractivity (Wildman–Crippen MR) is 108 cm³/mol. The first-order valence-electron chi connectivity index (χ1n) is 8.98. The van der Waals surface area contributed by atoms with E-state index in [0.29, 0.717) is 10.9 Å². The van der Waals surface area contributed by atoms with Gasteiger partial charge in [0, 0.05) is 11.4 Å². The maximum Gasteiger partial charge on any atom is 0.339 e. The van der Waals surface area contributed by atoms with Crippen molar-refractivity contribution in [1.82, 2.24) is 10.3 Å². The SMILES string of the molecule is CCC[C@@H](C)NC(=O)COC(=O)c1cc(-c2cccs2)nc2ccccc12. The van der Waals surface area contributed by atoms with Crippen molar-refractivity contribution in [2.24, 2.45) is 0 Å². The largest absolute Gasteiger partial charge is 0.452 e. The van der Waals surface area contributed by atoms with E-state index < -0.39 is 5.97 Å². The summed E-state index contributed by atoms with van der Waals surface area (Å²) < 4.78 is 5.27. The Kier molecular flexibility index (Phi) is 6.19. The fraction of sp³-hybridized carbons (Fsp3) is 0.286. The summed E-state index contributed by atoms with van der Waals surface area (Å²) in [4.78, 5) is 30.3. The van der Waals surface area contributed by atoms with E-state index in [2.05, 4.69) is 17.2 Å². The number of nitrogens with zero attached hydrogens (tertiary/aromatic N) is 1. The molecule has 1 N–H and O–H groups in total. The molecule has 0 aliphatic carbocycles. The molecular formula is C21H22N2O3S. The molecule has 0 aliphatic rings. The average molecular weight is 382 g/mol. The van der Waals surface area contributed by atoms with Gasteiger partial charge in [-0.05, 0) is 36.9 Å². The molecule has 0 saturated carbocycles. The second-order valence-corrected chi connectivity index (χ2v) is 7.33. The lowest BCUT2D eigenvalue weighted by Crippen LogP contribution is -2.35. The number of thiophene rings is 1. The number of para-hydroxylation sites is 1. The number of rotatable bonds is 7. The highest BCUT2D eigenvalue weighted by atomic mass is 32.1. The van der Waals surface area contributed by atoms with E-state index in [1.165, 1.54) is 0 Å². The minimum Gasteiger partial charge on any atom is -0.452 e. The van der Waals surface area contributed by atoms with Gasteiger partial charge in [-0.15, -0.1) is 11.3 Å². The molecule has 6 heteroatoms. The van der Waals surface area contributed by atoms with Gasteiger partial charge in [-0.1, -0.05) is 37.6 Å². The Morgan fingerprint density at radius 3 is 2.78 bits per heavy atom. The average Bonchev–Trinajstić information content (AvgIpc) is 3.20. The molecular weight excluding hydrogens is 360 g/mol. The van der Waals surface area contributed by atoms with Crippen LogP contribution >= 0.6 is 11.3 Å². The number of benzene rings is 1. The molecule has 0 fully saturated rings. The van der Waals surface area contributed by atoms with E-state index in [4.69, 9.17) is 4.74 Å². The zero-order chi connectivity index (χ0) is 19.2. The molecule has 140 valence electrons. The fourth-order valence-corrected chi connectivity index (χ4v) is 3.61. The molecule has 1 amide bonds. The van der Waals surface area contributed by atoms with Gasteiger partial charge in [-0.3, -0.25) is 4.79 Å². The Hall–Kier alpha value is -2.73. The van der Waals surface area contributed by atoms with Gasteiger partial charge in [0.25, 0.3) is 5.91 Å². The van der Waals surface area contributed by atoms with Crippen LogP contribution in [0.3, 0.4) is 0 Å². The van der Waals surface area contributed by atoms with Crippen LogP contribution in [0.5, 0.6) is 0 Å². The van der Waals surface area contributed by atoms with E-state index >= 15 is 0 Å². The van der Waals surface area contributed by atoms with Gasteiger partial charge in [-0.25, -0.2) is 9.78 Å². The summed E-state index contributed by atoms with van der Waals surface area (Å²) in [5.74, 6) is -0.814. The number of carbonyl (C=O) groups excluding carboxylic acids is 2. The highest BCUT2D eigenvalue weighted by Gasteiger charge is 2.17. The van der Waals surface area contributed by atoms with Crippen molar-refractivity contribution in [3.63, 3.8) is 0 Å². The molecule has 27 heavy (non-hydrogen) atoms. The molecule has 0 saturated heterocycles. The Morgan fingerprint density at radius 2 is 2.04 bits per heavy atom. The van der Waals surface area contributed by atoms with E-state index in [0.717, 1.165) is 28.9 Å². The maximum absolute atomic E-state index is 12.7. The van der Waals surface area contributed by atoms with Crippen molar-refractivity contribution in [3.8, 4) is 10.6 Å². The zero-order valence-electron chi connectivity index (χ0n) is 15.4. The third kappa shape index (κ3) is 4.71. The number of amides is 1. The molecule has 2 aromatic heterocycles. The Morgan fingerprint density at radius 1 is 1.22 bits per heavy atom. The second kappa shape index (κ2) is 8.77. The number of hydrogen-bond acceptors (Lipinski definition) is 5. The molecule has 0 spiro atoms. The third-order valence-electron chi connectivity index (χ3n) is 4.17. The van der Waals surface area contributed by atoms with E-state index in [1.807, 2.05) is 48.7 Å². The Labute approximate surface area is 162 Å². The van der Waals surface area contributed by atoms with Crippen LogP contribution in [-0.2, 0) is 9.53 Å². The summed E-state index contributed by atoms with van der Waals surface area (Å²) in [6.07, 6.45) is 1.87. The molecule has 1 atom stereocenters. The second-order valence-electron chi connectivity index (χ2n) is 6.38. The molecule has 3 rings (SSSR count). The van der Waals surface area contributed by atoms with Gasteiger partial charge in [0.15, 0.2) is 6.61 Å². The van der Waals surface area contributed by atoms with Gasteiger partial charge in [0.2, 0.25) is 0 Å². The first-order valence-corrected chi connectivity index (χ1v) is 9.86. The lowest BCUT2D eigenvalue weighted by Gasteiger charge is -2.13. The van der Waals surface area contributed by atoms with Crippen LogP contribution in [0.4, 0.5) is 0 Å². The van der Waals surface area contributed by atoms with Crippen molar-refractivity contribution >= 4 is 34.1 Å². The highest BCUT2D eigenvalue weighted by Crippen LogP contribution is 2.28. The number of aromatic nitrogens is 1. The van der Waals surface area contributed by atoms with Crippen molar-refractivity contribution in [3.05, 3.63) is 53.4 Å². The van der Waals surface area contributed by atoms with Crippen LogP contribution in [0, 0.1) is 0 Å². The standard InChI is InChI=1S/C21H22N2O3S/c1-3-7-14(2)22-20(24)13-26-21(25)16-12-18(19-10-6-11-27-19)23-17-9-5-4-8-15(16)17/h4-6,8-12,14H,3,7,13H2,1-2H3,(H,22,24)/t14-/m1/s1. The summed E-state index contributed by atoms with van der Waals surface area (Å²) >= 11 is 1.56. The summed E-state index contributed by atoms with van der Waals surface area (Å²) in [5.41, 5.74) is 1.85. The third-order valence-corrected chi connectivity index (χ3v) is 5.07. The van der Waals surface area contributed by atoms with Gasteiger partial charge < -0.3 is 10.1 Å². The first kappa shape index (κ1) is 19.0. The van der Waals surface area contributed by atoms with Crippen LogP contribution in [0.2, 0.25) is 0 Å². The molecule has 5 nitrogen and oxygen atoms in total. The van der Waals surface area contributed by atoms with Gasteiger partial charge in [0.1, 0.15) is 0 Å². The number of esters is 1. The lowest BCUT2D eigenvalue weighted by molar-refractivity contribution is -0.124. The summed E-state index contributed by atoms with van der Waals surface area (Å²) in [7, 11) is 0. The van der Waals surface area contributed by atoms with Crippen molar-refractivity contribution in [1.29, 1.82) is 0 Å². The molecule has 2 heterocycles. The van der Waals surface area contributed by atoms with Crippen LogP contribution < -0.4 is 5.32 Å². The Balaban J connectivity index is 1.80. The lowest BCUT2D eigenvalue weighted by atomic mass is 10.1. The smallest absolute Gasteiger partial charge is 0.339 e. The number of ether oxygens (including phenoxy) is 1. The first-order chi connectivity index (χ1) is 13.1. The minimum atomic E-state index is -0.523. The molecule has 3 aromatic rings.